The normalized spacial score (nSPS) is 18.8. The maximum Gasteiger partial charge on any atom is 0.187 e. The Balaban J connectivity index is 1.59. The van der Waals surface area contributed by atoms with Crippen LogP contribution < -0.4 is 5.73 Å². The van der Waals surface area contributed by atoms with Gasteiger partial charge >= 0.3 is 0 Å². The number of hydrogen-bond donors (Lipinski definition) is 1. The number of rotatable bonds is 3. The van der Waals surface area contributed by atoms with Crippen molar-refractivity contribution in [2.24, 2.45) is 5.73 Å². The molecule has 5 rings (SSSR count). The van der Waals surface area contributed by atoms with Crippen molar-refractivity contribution in [1.29, 1.82) is 0 Å². The quantitative estimate of drug-likeness (QED) is 0.540. The van der Waals surface area contributed by atoms with Gasteiger partial charge in [-0.3, -0.25) is 9.30 Å². The van der Waals surface area contributed by atoms with Crippen LogP contribution in [0.3, 0.4) is 0 Å². The zero-order valence-corrected chi connectivity index (χ0v) is 18.7. The second-order valence-electron chi connectivity index (χ2n) is 9.76. The third kappa shape index (κ3) is 3.60. The van der Waals surface area contributed by atoms with Gasteiger partial charge in [-0.1, -0.05) is 51.1 Å². The number of nitrogens with two attached hydrogens (primary N) is 1. The SMILES string of the molecule is C[C@@H](c1ccc2nnc(-c3ccc4cccc(C(C)(C)C)c4n3)n2c1)N1CCC(N)C1. The molecule has 0 amide bonds. The number of hydrogen-bond acceptors (Lipinski definition) is 5. The summed E-state index contributed by atoms with van der Waals surface area (Å²) in [5.74, 6) is 0.771. The Kier molecular flexibility index (Phi) is 4.79. The van der Waals surface area contributed by atoms with Crippen molar-refractivity contribution in [3.8, 4) is 11.5 Å². The number of nitrogens with zero attached hydrogens (tertiary/aromatic N) is 5. The molecule has 2 atom stereocenters. The second-order valence-corrected chi connectivity index (χ2v) is 9.76. The van der Waals surface area contributed by atoms with Crippen LogP contribution in [0.5, 0.6) is 0 Å². The molecular weight excluding hydrogens is 384 g/mol. The zero-order valence-electron chi connectivity index (χ0n) is 18.7. The predicted molar refractivity (Wildman–Crippen MR) is 125 cm³/mol. The van der Waals surface area contributed by atoms with Crippen molar-refractivity contribution in [1.82, 2.24) is 24.5 Å². The van der Waals surface area contributed by atoms with Gasteiger partial charge in [0.1, 0.15) is 5.69 Å². The van der Waals surface area contributed by atoms with Crippen molar-refractivity contribution in [2.75, 3.05) is 13.1 Å². The van der Waals surface area contributed by atoms with Gasteiger partial charge in [-0.05, 0) is 42.0 Å². The number of para-hydroxylation sites is 1. The first-order valence-electron chi connectivity index (χ1n) is 11.1. The molecule has 160 valence electrons. The minimum atomic E-state index is 0.0111. The van der Waals surface area contributed by atoms with Gasteiger partial charge in [0.2, 0.25) is 0 Å². The van der Waals surface area contributed by atoms with E-state index < -0.39 is 0 Å². The first-order chi connectivity index (χ1) is 14.8. The number of pyridine rings is 2. The zero-order chi connectivity index (χ0) is 21.8. The summed E-state index contributed by atoms with van der Waals surface area (Å²) in [5.41, 5.74) is 11.3. The molecule has 1 unspecified atom stereocenters. The Morgan fingerprint density at radius 1 is 1.06 bits per heavy atom. The summed E-state index contributed by atoms with van der Waals surface area (Å²) in [6.07, 6.45) is 3.21. The van der Waals surface area contributed by atoms with Crippen LogP contribution in [0.15, 0.2) is 48.7 Å². The maximum atomic E-state index is 6.13. The smallest absolute Gasteiger partial charge is 0.187 e. The molecule has 0 bridgehead atoms. The number of aromatic nitrogens is 4. The van der Waals surface area contributed by atoms with Gasteiger partial charge in [-0.15, -0.1) is 10.2 Å². The Morgan fingerprint density at radius 3 is 2.65 bits per heavy atom. The van der Waals surface area contributed by atoms with Crippen LogP contribution in [0.1, 0.15) is 51.3 Å². The average molecular weight is 415 g/mol. The van der Waals surface area contributed by atoms with Crippen LogP contribution in [0.2, 0.25) is 0 Å². The largest absolute Gasteiger partial charge is 0.326 e. The molecule has 4 heterocycles. The standard InChI is InChI=1S/C25H30N6/c1-16(30-13-12-19(26)15-30)18-9-11-22-28-29-24(31(22)14-18)21-10-8-17-6-5-7-20(23(17)27-21)25(2,3)4/h5-11,14,16,19H,12-13,15,26H2,1-4H3/t16-,19?/m0/s1. The highest BCUT2D eigenvalue weighted by Crippen LogP contribution is 2.31. The third-order valence-electron chi connectivity index (χ3n) is 6.47. The lowest BCUT2D eigenvalue weighted by atomic mass is 9.85. The number of likely N-dealkylation sites (tertiary alicyclic amines) is 1. The summed E-state index contributed by atoms with van der Waals surface area (Å²) in [7, 11) is 0. The summed E-state index contributed by atoms with van der Waals surface area (Å²) in [5, 5.41) is 10.0. The highest BCUT2D eigenvalue weighted by molar-refractivity contribution is 5.84. The Hall–Kier alpha value is -2.83. The van der Waals surface area contributed by atoms with Crippen molar-refractivity contribution < 1.29 is 0 Å². The topological polar surface area (TPSA) is 72.3 Å². The molecule has 4 aromatic rings. The molecule has 2 N–H and O–H groups in total. The van der Waals surface area contributed by atoms with Crippen LogP contribution in [-0.2, 0) is 5.41 Å². The van der Waals surface area contributed by atoms with E-state index in [-0.39, 0.29) is 11.5 Å². The van der Waals surface area contributed by atoms with Crippen molar-refractivity contribution in [3.05, 3.63) is 59.8 Å². The average Bonchev–Trinajstić information content (AvgIpc) is 3.37. The summed E-state index contributed by atoms with van der Waals surface area (Å²) in [6, 6.07) is 15.3. The summed E-state index contributed by atoms with van der Waals surface area (Å²) in [4.78, 5) is 7.49. The third-order valence-corrected chi connectivity index (χ3v) is 6.47. The van der Waals surface area contributed by atoms with Gasteiger partial charge in [0.25, 0.3) is 0 Å². The predicted octanol–water partition coefficient (Wildman–Crippen LogP) is 4.34. The lowest BCUT2D eigenvalue weighted by molar-refractivity contribution is 0.259. The summed E-state index contributed by atoms with van der Waals surface area (Å²) < 4.78 is 2.07. The van der Waals surface area contributed by atoms with E-state index in [0.717, 1.165) is 47.6 Å². The molecule has 1 aromatic carbocycles. The van der Waals surface area contributed by atoms with Crippen molar-refractivity contribution in [2.45, 2.75) is 51.6 Å². The highest BCUT2D eigenvalue weighted by atomic mass is 15.3. The molecule has 0 saturated carbocycles. The first-order valence-corrected chi connectivity index (χ1v) is 11.1. The van der Waals surface area contributed by atoms with Crippen LogP contribution in [-0.4, -0.2) is 43.6 Å². The fourth-order valence-electron chi connectivity index (χ4n) is 4.58. The molecule has 0 aliphatic carbocycles. The molecule has 6 heteroatoms. The van der Waals surface area contributed by atoms with Crippen molar-refractivity contribution >= 4 is 16.6 Å². The minimum Gasteiger partial charge on any atom is -0.326 e. The van der Waals surface area contributed by atoms with E-state index in [9.17, 15) is 0 Å². The lowest BCUT2D eigenvalue weighted by Crippen LogP contribution is -2.28. The van der Waals surface area contributed by atoms with Crippen LogP contribution >= 0.6 is 0 Å². The van der Waals surface area contributed by atoms with E-state index in [1.807, 2.05) is 12.1 Å². The van der Waals surface area contributed by atoms with Gasteiger partial charge in [0, 0.05) is 36.8 Å². The summed E-state index contributed by atoms with van der Waals surface area (Å²) >= 11 is 0. The molecule has 1 aliphatic heterocycles. The molecular formula is C25H30N6. The molecule has 1 fully saturated rings. The fourth-order valence-corrected chi connectivity index (χ4v) is 4.58. The lowest BCUT2D eigenvalue weighted by Gasteiger charge is -2.24. The Labute approximate surface area is 183 Å². The van der Waals surface area contributed by atoms with E-state index in [1.165, 1.54) is 11.1 Å². The van der Waals surface area contributed by atoms with Crippen LogP contribution in [0, 0.1) is 0 Å². The number of fused-ring (bicyclic) bond motifs is 2. The summed E-state index contributed by atoms with van der Waals surface area (Å²) in [6.45, 7) is 10.9. The Morgan fingerprint density at radius 2 is 1.90 bits per heavy atom. The van der Waals surface area contributed by atoms with Crippen LogP contribution in [0.4, 0.5) is 0 Å². The van der Waals surface area contributed by atoms with Gasteiger partial charge in [-0.25, -0.2) is 4.98 Å². The van der Waals surface area contributed by atoms with Gasteiger partial charge in [0.05, 0.1) is 5.52 Å². The molecule has 0 spiro atoms. The van der Waals surface area contributed by atoms with E-state index >= 15 is 0 Å². The monoisotopic (exact) mass is 414 g/mol. The molecule has 6 nitrogen and oxygen atoms in total. The molecule has 0 radical (unpaired) electrons. The minimum absolute atomic E-state index is 0.0111. The molecule has 31 heavy (non-hydrogen) atoms. The van der Waals surface area contributed by atoms with E-state index in [4.69, 9.17) is 10.7 Å². The second kappa shape index (κ2) is 7.39. The van der Waals surface area contributed by atoms with E-state index in [1.54, 1.807) is 0 Å². The number of benzene rings is 1. The first kappa shape index (κ1) is 20.1. The van der Waals surface area contributed by atoms with Crippen LogP contribution in [0.25, 0.3) is 28.1 Å². The molecule has 3 aromatic heterocycles. The fraction of sp³-hybridized carbons (Fsp3) is 0.400. The van der Waals surface area contributed by atoms with Gasteiger partial charge < -0.3 is 5.73 Å². The van der Waals surface area contributed by atoms with Crippen molar-refractivity contribution in [3.63, 3.8) is 0 Å². The van der Waals surface area contributed by atoms with Gasteiger partial charge in [-0.2, -0.15) is 0 Å². The van der Waals surface area contributed by atoms with E-state index in [2.05, 4.69) is 83.7 Å². The van der Waals surface area contributed by atoms with E-state index in [0.29, 0.717) is 6.04 Å². The van der Waals surface area contributed by atoms with Gasteiger partial charge in [0.15, 0.2) is 11.5 Å². The molecule has 1 aliphatic rings. The highest BCUT2D eigenvalue weighted by Gasteiger charge is 2.25. The molecule has 1 saturated heterocycles. The maximum absolute atomic E-state index is 6.13. The Bertz CT molecular complexity index is 1250.